The number of nitrogens with zero attached hydrogens (tertiary/aromatic N) is 4. The highest BCUT2D eigenvalue weighted by molar-refractivity contribution is 7.93. The molecule has 3 aromatic rings. The maximum atomic E-state index is 12.6. The molecular weight excluding hydrogens is 452 g/mol. The predicted octanol–water partition coefficient (Wildman–Crippen LogP) is 3.64. The number of sulfonamides is 1. The first-order valence-corrected chi connectivity index (χ1v) is 11.7. The van der Waals surface area contributed by atoms with Gasteiger partial charge in [0, 0.05) is 5.69 Å². The van der Waals surface area contributed by atoms with Crippen LogP contribution in [0.4, 0.5) is 16.5 Å². The molecule has 0 aliphatic rings. The summed E-state index contributed by atoms with van der Waals surface area (Å²) >= 11 is 1.05. The molecule has 0 unspecified atom stereocenters. The molecule has 2 N–H and O–H groups in total. The average molecular weight is 473 g/mol. The van der Waals surface area contributed by atoms with Crippen molar-refractivity contribution in [1.82, 2.24) is 10.2 Å². The Hall–Kier alpha value is -3.51. The molecule has 12 heteroatoms. The number of nitrogens with one attached hydrogen (secondary N) is 2. The van der Waals surface area contributed by atoms with E-state index in [0.29, 0.717) is 5.69 Å². The van der Waals surface area contributed by atoms with Gasteiger partial charge in [-0.15, -0.1) is 10.2 Å². The molecule has 3 rings (SSSR count). The Labute approximate surface area is 188 Å². The van der Waals surface area contributed by atoms with Crippen molar-refractivity contribution in [2.45, 2.75) is 31.7 Å². The molecule has 1 atom stereocenters. The Balaban J connectivity index is 1.72. The molecule has 1 heterocycles. The molecule has 0 aliphatic heterocycles. The third kappa shape index (κ3) is 6.02. The summed E-state index contributed by atoms with van der Waals surface area (Å²) in [5.74, 6) is -1.08. The molecule has 0 saturated carbocycles. The zero-order chi connectivity index (χ0) is 23.3. The fraction of sp³-hybridized carbons (Fsp3) is 0.200. The summed E-state index contributed by atoms with van der Waals surface area (Å²) in [7, 11) is -3.83. The number of azo groups is 1. The molecule has 0 saturated heterocycles. The number of carbonyl (C=O) groups is 2. The van der Waals surface area contributed by atoms with Crippen molar-refractivity contribution >= 4 is 49.6 Å². The van der Waals surface area contributed by atoms with Crippen molar-refractivity contribution in [3.8, 4) is 0 Å². The smallest absolute Gasteiger partial charge is 0.263 e. The molecule has 1 aromatic heterocycles. The van der Waals surface area contributed by atoms with E-state index in [1.54, 1.807) is 12.1 Å². The van der Waals surface area contributed by atoms with E-state index in [1.807, 2.05) is 19.9 Å². The van der Waals surface area contributed by atoms with Gasteiger partial charge in [-0.2, -0.15) is 10.2 Å². The van der Waals surface area contributed by atoms with Gasteiger partial charge in [0.15, 0.2) is 5.78 Å². The lowest BCUT2D eigenvalue weighted by atomic mass is 10.1. The fourth-order valence-electron chi connectivity index (χ4n) is 2.78. The van der Waals surface area contributed by atoms with Crippen LogP contribution < -0.4 is 10.0 Å². The van der Waals surface area contributed by atoms with Crippen molar-refractivity contribution in [2.24, 2.45) is 10.2 Å². The first-order chi connectivity index (χ1) is 15.1. The van der Waals surface area contributed by atoms with Crippen LogP contribution in [-0.2, 0) is 19.6 Å². The van der Waals surface area contributed by atoms with E-state index in [2.05, 4.69) is 30.5 Å². The largest absolute Gasteiger partial charge is 0.324 e. The number of hydrogen-bond acceptors (Lipinski definition) is 9. The van der Waals surface area contributed by atoms with Gasteiger partial charge in [0.05, 0.1) is 10.6 Å². The minimum absolute atomic E-state index is 0.0117. The molecule has 2 aromatic carbocycles. The fourth-order valence-corrected chi connectivity index (χ4v) is 4.48. The van der Waals surface area contributed by atoms with Crippen LogP contribution in [0.5, 0.6) is 0 Å². The Kier molecular flexibility index (Phi) is 7.05. The molecule has 10 nitrogen and oxygen atoms in total. The van der Waals surface area contributed by atoms with Gasteiger partial charge < -0.3 is 5.32 Å². The summed E-state index contributed by atoms with van der Waals surface area (Å²) in [6.07, 6.45) is 0. The molecule has 32 heavy (non-hydrogen) atoms. The van der Waals surface area contributed by atoms with Gasteiger partial charge in [-0.05, 0) is 68.3 Å². The summed E-state index contributed by atoms with van der Waals surface area (Å²) in [5.41, 5.74) is 4.19. The lowest BCUT2D eigenvalue weighted by Gasteiger charge is -2.11. The van der Waals surface area contributed by atoms with E-state index in [0.717, 1.165) is 22.5 Å². The van der Waals surface area contributed by atoms with Crippen LogP contribution in [0.25, 0.3) is 0 Å². The van der Waals surface area contributed by atoms with Crippen LogP contribution in [0, 0.1) is 13.8 Å². The van der Waals surface area contributed by atoms with Gasteiger partial charge in [-0.1, -0.05) is 17.4 Å². The molecule has 0 spiro atoms. The van der Waals surface area contributed by atoms with Crippen LogP contribution in [-0.4, -0.2) is 36.3 Å². The first kappa shape index (κ1) is 23.2. The summed E-state index contributed by atoms with van der Waals surface area (Å²) in [6, 6.07) is 9.69. The maximum Gasteiger partial charge on any atom is 0.263 e. The number of anilines is 2. The molecule has 166 valence electrons. The standard InChI is InChI=1S/C20H20N6O4S2/c1-12-8-13(2)10-16(9-12)22-19(28)18(14(3)27)24-23-15-4-6-17(7-5-15)32(29,30)26-20-25-21-11-31-20/h4-11,18H,1-3H3,(H,22,28)(H,25,26)/t18-/m1/s1. The minimum Gasteiger partial charge on any atom is -0.324 e. The summed E-state index contributed by atoms with van der Waals surface area (Å²) in [4.78, 5) is 24.5. The van der Waals surface area contributed by atoms with E-state index in [-0.39, 0.29) is 15.7 Å². The monoisotopic (exact) mass is 472 g/mol. The second-order valence-electron chi connectivity index (χ2n) is 6.94. The van der Waals surface area contributed by atoms with Gasteiger partial charge in [0.2, 0.25) is 11.2 Å². The van der Waals surface area contributed by atoms with E-state index in [4.69, 9.17) is 0 Å². The Morgan fingerprint density at radius 1 is 1.06 bits per heavy atom. The lowest BCUT2D eigenvalue weighted by molar-refractivity contribution is -0.126. The topological polar surface area (TPSA) is 143 Å². The van der Waals surface area contributed by atoms with E-state index >= 15 is 0 Å². The highest BCUT2D eigenvalue weighted by Gasteiger charge is 2.23. The van der Waals surface area contributed by atoms with Crippen molar-refractivity contribution in [3.05, 3.63) is 59.1 Å². The van der Waals surface area contributed by atoms with Crippen molar-refractivity contribution < 1.29 is 18.0 Å². The number of rotatable bonds is 8. The van der Waals surface area contributed by atoms with Crippen molar-refractivity contribution in [3.63, 3.8) is 0 Å². The van der Waals surface area contributed by atoms with Crippen LogP contribution in [0.3, 0.4) is 0 Å². The number of ketones is 1. The van der Waals surface area contributed by atoms with Crippen molar-refractivity contribution in [2.75, 3.05) is 10.0 Å². The summed E-state index contributed by atoms with van der Waals surface area (Å²) in [5, 5.41) is 17.8. The second-order valence-corrected chi connectivity index (χ2v) is 9.45. The molecule has 0 bridgehead atoms. The highest BCUT2D eigenvalue weighted by atomic mass is 32.2. The SMILES string of the molecule is CC(=O)[C@@H](N=Nc1ccc(S(=O)(=O)Nc2nncs2)cc1)C(=O)Nc1cc(C)cc(C)c1. The zero-order valence-corrected chi connectivity index (χ0v) is 19.1. The number of carbonyl (C=O) groups excluding carboxylic acids is 2. The lowest BCUT2D eigenvalue weighted by Crippen LogP contribution is -2.31. The number of benzene rings is 2. The van der Waals surface area contributed by atoms with Gasteiger partial charge >= 0.3 is 0 Å². The average Bonchev–Trinajstić information content (AvgIpc) is 3.19. The molecule has 0 radical (unpaired) electrons. The van der Waals surface area contributed by atoms with Crippen LogP contribution in [0.15, 0.2) is 63.1 Å². The summed E-state index contributed by atoms with van der Waals surface area (Å²) < 4.78 is 27.0. The number of aromatic nitrogens is 2. The molecule has 1 amide bonds. The molecular formula is C20H20N6O4S2. The minimum atomic E-state index is -3.83. The van der Waals surface area contributed by atoms with Gasteiger partial charge in [-0.3, -0.25) is 14.3 Å². The highest BCUT2D eigenvalue weighted by Crippen LogP contribution is 2.21. The van der Waals surface area contributed by atoms with Crippen LogP contribution in [0.1, 0.15) is 18.1 Å². The van der Waals surface area contributed by atoms with Gasteiger partial charge in [0.25, 0.3) is 15.9 Å². The number of amides is 1. The van der Waals surface area contributed by atoms with Crippen LogP contribution in [0.2, 0.25) is 0 Å². The normalized spacial score (nSPS) is 12.5. The first-order valence-electron chi connectivity index (χ1n) is 9.33. The molecule has 0 aliphatic carbocycles. The maximum absolute atomic E-state index is 12.6. The zero-order valence-electron chi connectivity index (χ0n) is 17.4. The summed E-state index contributed by atoms with van der Waals surface area (Å²) in [6.45, 7) is 5.05. The van der Waals surface area contributed by atoms with E-state index in [9.17, 15) is 18.0 Å². The molecule has 0 fully saturated rings. The Morgan fingerprint density at radius 2 is 1.72 bits per heavy atom. The van der Waals surface area contributed by atoms with E-state index in [1.165, 1.54) is 36.7 Å². The van der Waals surface area contributed by atoms with E-state index < -0.39 is 27.8 Å². The third-order valence-electron chi connectivity index (χ3n) is 4.14. The van der Waals surface area contributed by atoms with Crippen molar-refractivity contribution in [1.29, 1.82) is 0 Å². The van der Waals surface area contributed by atoms with Crippen LogP contribution >= 0.6 is 11.3 Å². The quantitative estimate of drug-likeness (QED) is 0.378. The number of Topliss-reactive ketones (excluding diaryl/α,β-unsaturated/α-hetero) is 1. The van der Waals surface area contributed by atoms with Gasteiger partial charge in [0.1, 0.15) is 5.51 Å². The second kappa shape index (κ2) is 9.75. The Morgan fingerprint density at radius 3 is 2.28 bits per heavy atom. The van der Waals surface area contributed by atoms with Gasteiger partial charge in [-0.25, -0.2) is 8.42 Å². The number of aryl methyl sites for hydroxylation is 2. The third-order valence-corrected chi connectivity index (χ3v) is 6.23. The predicted molar refractivity (Wildman–Crippen MR) is 121 cm³/mol. The Bertz CT molecular complexity index is 1240. The number of hydrogen-bond donors (Lipinski definition) is 2.